The molecule has 31 heavy (non-hydrogen) atoms. The molecule has 3 rings (SSSR count). The summed E-state index contributed by atoms with van der Waals surface area (Å²) in [5, 5.41) is 19.8. The van der Waals surface area contributed by atoms with Crippen LogP contribution in [-0.2, 0) is 22.7 Å². The van der Waals surface area contributed by atoms with E-state index in [9.17, 15) is 19.8 Å². The first kappa shape index (κ1) is 22.0. The van der Waals surface area contributed by atoms with Gasteiger partial charge < -0.3 is 24.1 Å². The summed E-state index contributed by atoms with van der Waals surface area (Å²) in [6.45, 7) is 1.50. The maximum Gasteiger partial charge on any atom is 0.306 e. The fourth-order valence-corrected chi connectivity index (χ4v) is 3.13. The van der Waals surface area contributed by atoms with Gasteiger partial charge >= 0.3 is 5.97 Å². The molecule has 0 aliphatic carbocycles. The van der Waals surface area contributed by atoms with Gasteiger partial charge in [-0.15, -0.1) is 0 Å². The number of rotatable bonds is 9. The molecule has 8 nitrogen and oxygen atoms in total. The number of aliphatic hydroxyl groups is 1. The number of esters is 1. The van der Waals surface area contributed by atoms with Gasteiger partial charge in [-0.3, -0.25) is 14.6 Å². The van der Waals surface area contributed by atoms with Crippen molar-refractivity contribution in [3.8, 4) is 11.5 Å². The molecule has 0 aliphatic heterocycles. The molecule has 0 amide bonds. The zero-order valence-corrected chi connectivity index (χ0v) is 17.0. The van der Waals surface area contributed by atoms with Crippen LogP contribution in [0.4, 0.5) is 0 Å². The largest absolute Gasteiger partial charge is 0.502 e. The van der Waals surface area contributed by atoms with Crippen molar-refractivity contribution in [3.05, 3.63) is 87.7 Å². The minimum Gasteiger partial charge on any atom is -0.502 e. The number of carbonyl (C=O) groups excluding carboxylic acids is 1. The summed E-state index contributed by atoms with van der Waals surface area (Å²) >= 11 is 0. The molecule has 1 aromatic carbocycles. The second-order valence-electron chi connectivity index (χ2n) is 6.66. The quantitative estimate of drug-likeness (QED) is 0.502. The van der Waals surface area contributed by atoms with E-state index in [0.717, 1.165) is 6.07 Å². The molecule has 0 aliphatic rings. The average molecular weight is 425 g/mol. The van der Waals surface area contributed by atoms with Crippen molar-refractivity contribution < 1.29 is 28.9 Å². The lowest BCUT2D eigenvalue weighted by atomic mass is 9.91. The number of carbonyl (C=O) groups is 1. The fourth-order valence-electron chi connectivity index (χ4n) is 3.13. The average Bonchev–Trinajstić information content (AvgIpc) is 2.79. The van der Waals surface area contributed by atoms with E-state index in [-0.39, 0.29) is 31.2 Å². The topological polar surface area (TPSA) is 119 Å². The lowest BCUT2D eigenvalue weighted by molar-refractivity contribution is -0.143. The zero-order chi connectivity index (χ0) is 22.2. The van der Waals surface area contributed by atoms with Crippen molar-refractivity contribution in [1.29, 1.82) is 0 Å². The van der Waals surface area contributed by atoms with Crippen LogP contribution in [0, 0.1) is 0 Å². The number of aromatic hydroxyl groups is 1. The zero-order valence-electron chi connectivity index (χ0n) is 17.0. The van der Waals surface area contributed by atoms with Crippen LogP contribution < -0.4 is 10.2 Å². The lowest BCUT2D eigenvalue weighted by Gasteiger charge is -2.20. The Labute approximate surface area is 178 Å². The van der Waals surface area contributed by atoms with Crippen LogP contribution in [0.2, 0.25) is 0 Å². The van der Waals surface area contributed by atoms with E-state index < -0.39 is 29.7 Å². The van der Waals surface area contributed by atoms with Gasteiger partial charge in [-0.1, -0.05) is 24.3 Å². The molecule has 3 aromatic rings. The van der Waals surface area contributed by atoms with E-state index >= 15 is 0 Å². The maximum absolute atomic E-state index is 12.3. The van der Waals surface area contributed by atoms with Crippen molar-refractivity contribution in [2.45, 2.75) is 32.5 Å². The standard InChI is InChI=1S/C23H23NO7/c1-2-29-21(27)12-18(23-22(28)19(26)11-16(13-25)31-23)17-8-3-4-9-20(17)30-14-15-7-5-6-10-24-15/h3-11,18,25,28H,2,12-14H2,1H3/t18-/m0/s1. The van der Waals surface area contributed by atoms with E-state index in [1.54, 1.807) is 43.5 Å². The Morgan fingerprint density at radius 3 is 2.68 bits per heavy atom. The van der Waals surface area contributed by atoms with Crippen LogP contribution in [0.15, 0.2) is 63.9 Å². The molecule has 8 heteroatoms. The minimum absolute atomic E-state index is 0.0291. The number of ether oxygens (including phenoxy) is 2. The summed E-state index contributed by atoms with van der Waals surface area (Å²) < 4.78 is 16.6. The van der Waals surface area contributed by atoms with Gasteiger partial charge in [0, 0.05) is 17.8 Å². The van der Waals surface area contributed by atoms with Crippen LogP contribution in [0.5, 0.6) is 11.5 Å². The number of aromatic nitrogens is 1. The summed E-state index contributed by atoms with van der Waals surface area (Å²) in [6.07, 6.45) is 1.45. The smallest absolute Gasteiger partial charge is 0.306 e. The number of hydrogen-bond acceptors (Lipinski definition) is 8. The van der Waals surface area contributed by atoms with E-state index in [0.29, 0.717) is 17.0 Å². The van der Waals surface area contributed by atoms with Gasteiger partial charge in [-0.25, -0.2) is 0 Å². The number of benzene rings is 1. The van der Waals surface area contributed by atoms with Crippen LogP contribution in [0.3, 0.4) is 0 Å². The molecular weight excluding hydrogens is 402 g/mol. The molecule has 0 saturated heterocycles. The first-order valence-corrected chi connectivity index (χ1v) is 9.77. The summed E-state index contributed by atoms with van der Waals surface area (Å²) in [6, 6.07) is 13.4. The number of nitrogens with zero attached hydrogens (tertiary/aromatic N) is 1. The highest BCUT2D eigenvalue weighted by Crippen LogP contribution is 2.38. The molecule has 0 radical (unpaired) electrons. The van der Waals surface area contributed by atoms with Crippen molar-refractivity contribution in [2.75, 3.05) is 6.61 Å². The van der Waals surface area contributed by atoms with Crippen molar-refractivity contribution in [1.82, 2.24) is 4.98 Å². The van der Waals surface area contributed by atoms with Crippen LogP contribution in [0.1, 0.15) is 42.0 Å². The monoisotopic (exact) mass is 425 g/mol. The van der Waals surface area contributed by atoms with Gasteiger partial charge in [0.2, 0.25) is 11.2 Å². The van der Waals surface area contributed by atoms with Gasteiger partial charge in [0.1, 0.15) is 24.7 Å². The Morgan fingerprint density at radius 1 is 1.19 bits per heavy atom. The van der Waals surface area contributed by atoms with Gasteiger partial charge in [0.05, 0.1) is 24.6 Å². The Morgan fingerprint density at radius 2 is 1.97 bits per heavy atom. The fraction of sp³-hybridized carbons (Fsp3) is 0.261. The lowest BCUT2D eigenvalue weighted by Crippen LogP contribution is -2.16. The summed E-state index contributed by atoms with van der Waals surface area (Å²) in [5.74, 6) is -1.79. The number of hydrogen-bond donors (Lipinski definition) is 2. The molecule has 0 bridgehead atoms. The molecule has 1 atom stereocenters. The molecule has 0 spiro atoms. The van der Waals surface area contributed by atoms with Crippen molar-refractivity contribution in [3.63, 3.8) is 0 Å². The predicted molar refractivity (Wildman–Crippen MR) is 111 cm³/mol. The van der Waals surface area contributed by atoms with Gasteiger partial charge in [-0.05, 0) is 25.1 Å². The predicted octanol–water partition coefficient (Wildman–Crippen LogP) is 2.90. The van der Waals surface area contributed by atoms with Gasteiger partial charge in [0.25, 0.3) is 0 Å². The highest BCUT2D eigenvalue weighted by atomic mass is 16.5. The highest BCUT2D eigenvalue weighted by molar-refractivity contribution is 5.71. The molecule has 2 N–H and O–H groups in total. The minimum atomic E-state index is -0.877. The normalized spacial score (nSPS) is 11.7. The third-order valence-corrected chi connectivity index (χ3v) is 4.54. The summed E-state index contributed by atoms with van der Waals surface area (Å²) in [7, 11) is 0. The maximum atomic E-state index is 12.3. The Balaban J connectivity index is 2.04. The van der Waals surface area contributed by atoms with E-state index in [4.69, 9.17) is 13.9 Å². The molecule has 0 fully saturated rings. The van der Waals surface area contributed by atoms with E-state index in [1.165, 1.54) is 0 Å². The second-order valence-corrected chi connectivity index (χ2v) is 6.66. The molecular formula is C23H23NO7. The van der Waals surface area contributed by atoms with Gasteiger partial charge in [-0.2, -0.15) is 0 Å². The molecule has 2 aromatic heterocycles. The SMILES string of the molecule is CCOC(=O)C[C@@H](c1ccccc1OCc1ccccn1)c1oc(CO)cc(=O)c1O. The van der Waals surface area contributed by atoms with Crippen LogP contribution >= 0.6 is 0 Å². The molecule has 2 heterocycles. The Hall–Kier alpha value is -3.65. The Kier molecular flexibility index (Phi) is 7.40. The van der Waals surface area contributed by atoms with Crippen molar-refractivity contribution in [2.24, 2.45) is 0 Å². The van der Waals surface area contributed by atoms with Gasteiger partial charge in [0.15, 0.2) is 5.76 Å². The second kappa shape index (κ2) is 10.4. The number of aliphatic hydroxyl groups excluding tert-OH is 1. The highest BCUT2D eigenvalue weighted by Gasteiger charge is 2.29. The number of pyridine rings is 1. The summed E-state index contributed by atoms with van der Waals surface area (Å²) in [5.41, 5.74) is 0.502. The first-order valence-electron chi connectivity index (χ1n) is 9.77. The molecule has 162 valence electrons. The first-order chi connectivity index (χ1) is 15.0. The molecule has 0 saturated carbocycles. The third-order valence-electron chi connectivity index (χ3n) is 4.54. The van der Waals surface area contributed by atoms with Crippen LogP contribution in [0.25, 0.3) is 0 Å². The Bertz CT molecular complexity index is 1080. The third kappa shape index (κ3) is 5.49. The number of para-hydroxylation sites is 1. The van der Waals surface area contributed by atoms with Crippen LogP contribution in [-0.4, -0.2) is 27.8 Å². The van der Waals surface area contributed by atoms with Crippen molar-refractivity contribution >= 4 is 5.97 Å². The summed E-state index contributed by atoms with van der Waals surface area (Å²) in [4.78, 5) is 28.7. The molecule has 0 unspecified atom stereocenters. The van der Waals surface area contributed by atoms with E-state index in [1.807, 2.05) is 12.1 Å². The van der Waals surface area contributed by atoms with E-state index in [2.05, 4.69) is 4.98 Å².